The van der Waals surface area contributed by atoms with Crippen LogP contribution in [0.25, 0.3) is 11.0 Å². The number of likely N-dealkylation sites (N-methyl/N-ethyl adjacent to an activating group) is 2. The van der Waals surface area contributed by atoms with Crippen molar-refractivity contribution in [1.82, 2.24) is 14.9 Å². The van der Waals surface area contributed by atoms with Crippen LogP contribution < -0.4 is 10.2 Å². The van der Waals surface area contributed by atoms with E-state index in [0.717, 1.165) is 23.3 Å². The molecule has 5 nitrogen and oxygen atoms in total. The third kappa shape index (κ3) is 2.36. The molecule has 5 heteroatoms. The molecular formula is C13H18N4O. The Bertz CT molecular complexity index is 561. The molecule has 1 heterocycles. The Kier molecular flexibility index (Phi) is 3.62. The monoisotopic (exact) mass is 246 g/mol. The van der Waals surface area contributed by atoms with Gasteiger partial charge in [-0.25, -0.2) is 4.98 Å². The predicted octanol–water partition coefficient (Wildman–Crippen LogP) is 1.15. The highest BCUT2D eigenvalue weighted by molar-refractivity contribution is 5.96. The second-order valence-electron chi connectivity index (χ2n) is 4.26. The number of benzene rings is 1. The van der Waals surface area contributed by atoms with Crippen molar-refractivity contribution in [2.75, 3.05) is 25.0 Å². The maximum Gasteiger partial charge on any atom is 0.240 e. The Morgan fingerprint density at radius 1 is 1.50 bits per heavy atom. The van der Waals surface area contributed by atoms with Crippen LogP contribution in [0.5, 0.6) is 0 Å². The number of rotatable bonds is 4. The largest absolute Gasteiger partial charge is 0.334 e. The van der Waals surface area contributed by atoms with Crippen LogP contribution in [0.2, 0.25) is 0 Å². The van der Waals surface area contributed by atoms with Crippen LogP contribution in [0.1, 0.15) is 6.92 Å². The fourth-order valence-electron chi connectivity index (χ4n) is 1.83. The molecule has 1 aromatic carbocycles. The number of imidazole rings is 1. The van der Waals surface area contributed by atoms with Gasteiger partial charge in [-0.1, -0.05) is 6.92 Å². The van der Waals surface area contributed by atoms with Gasteiger partial charge in [-0.05, 0) is 24.7 Å². The molecule has 0 aliphatic rings. The van der Waals surface area contributed by atoms with E-state index in [-0.39, 0.29) is 5.91 Å². The number of carbonyl (C=O) groups is 1. The summed E-state index contributed by atoms with van der Waals surface area (Å²) in [5, 5.41) is 3.03. The van der Waals surface area contributed by atoms with Gasteiger partial charge in [0.1, 0.15) is 0 Å². The SMILES string of the molecule is CCNCC(=O)N(C)c1ccc2c(c1)ncn2C. The van der Waals surface area contributed by atoms with Gasteiger partial charge in [-0.15, -0.1) is 0 Å². The van der Waals surface area contributed by atoms with E-state index in [1.165, 1.54) is 0 Å². The van der Waals surface area contributed by atoms with Crippen molar-refractivity contribution in [3.05, 3.63) is 24.5 Å². The van der Waals surface area contributed by atoms with Crippen LogP contribution in [0.3, 0.4) is 0 Å². The zero-order valence-electron chi connectivity index (χ0n) is 11.0. The van der Waals surface area contributed by atoms with Gasteiger partial charge >= 0.3 is 0 Å². The van der Waals surface area contributed by atoms with E-state index in [1.54, 1.807) is 18.3 Å². The van der Waals surface area contributed by atoms with Crippen LogP contribution in [0.4, 0.5) is 5.69 Å². The molecule has 1 amide bonds. The van der Waals surface area contributed by atoms with Gasteiger partial charge < -0.3 is 14.8 Å². The first kappa shape index (κ1) is 12.6. The quantitative estimate of drug-likeness (QED) is 0.880. The summed E-state index contributed by atoms with van der Waals surface area (Å²) >= 11 is 0. The third-order valence-electron chi connectivity index (χ3n) is 3.00. The first-order valence-electron chi connectivity index (χ1n) is 6.02. The van der Waals surface area contributed by atoms with Crippen molar-refractivity contribution in [3.8, 4) is 0 Å². The maximum absolute atomic E-state index is 11.9. The molecule has 0 unspecified atom stereocenters. The molecule has 0 radical (unpaired) electrons. The number of aryl methyl sites for hydroxylation is 1. The topological polar surface area (TPSA) is 50.2 Å². The molecule has 18 heavy (non-hydrogen) atoms. The summed E-state index contributed by atoms with van der Waals surface area (Å²) in [5.74, 6) is 0.0483. The average Bonchev–Trinajstić information content (AvgIpc) is 2.76. The Morgan fingerprint density at radius 3 is 3.00 bits per heavy atom. The summed E-state index contributed by atoms with van der Waals surface area (Å²) in [5.41, 5.74) is 2.83. The van der Waals surface area contributed by atoms with Gasteiger partial charge in [-0.2, -0.15) is 0 Å². The fraction of sp³-hybridized carbons (Fsp3) is 0.385. The van der Waals surface area contributed by atoms with E-state index in [9.17, 15) is 4.79 Å². The molecular weight excluding hydrogens is 228 g/mol. The second-order valence-corrected chi connectivity index (χ2v) is 4.26. The minimum Gasteiger partial charge on any atom is -0.334 e. The smallest absolute Gasteiger partial charge is 0.240 e. The number of nitrogens with one attached hydrogen (secondary N) is 1. The molecule has 2 rings (SSSR count). The number of hydrogen-bond acceptors (Lipinski definition) is 3. The molecule has 0 bridgehead atoms. The number of anilines is 1. The molecule has 0 spiro atoms. The fourth-order valence-corrected chi connectivity index (χ4v) is 1.83. The van der Waals surface area contributed by atoms with Gasteiger partial charge in [0.05, 0.1) is 23.9 Å². The Hall–Kier alpha value is -1.88. The summed E-state index contributed by atoms with van der Waals surface area (Å²) in [4.78, 5) is 17.8. The van der Waals surface area contributed by atoms with E-state index >= 15 is 0 Å². The van der Waals surface area contributed by atoms with Crippen LogP contribution in [-0.4, -0.2) is 35.6 Å². The number of nitrogens with zero attached hydrogens (tertiary/aromatic N) is 3. The molecule has 96 valence electrons. The zero-order valence-corrected chi connectivity index (χ0v) is 11.0. The lowest BCUT2D eigenvalue weighted by Gasteiger charge is -2.17. The number of fused-ring (bicyclic) bond motifs is 1. The highest BCUT2D eigenvalue weighted by Crippen LogP contribution is 2.20. The Labute approximate surface area is 106 Å². The highest BCUT2D eigenvalue weighted by atomic mass is 16.2. The van der Waals surface area contributed by atoms with E-state index in [2.05, 4.69) is 10.3 Å². The molecule has 1 aromatic heterocycles. The van der Waals surface area contributed by atoms with Crippen molar-refractivity contribution < 1.29 is 4.79 Å². The van der Waals surface area contributed by atoms with E-state index in [1.807, 2.05) is 36.7 Å². The van der Waals surface area contributed by atoms with Crippen molar-refractivity contribution in [2.45, 2.75) is 6.92 Å². The van der Waals surface area contributed by atoms with Crippen LogP contribution in [0, 0.1) is 0 Å². The number of amides is 1. The summed E-state index contributed by atoms with van der Waals surface area (Å²) in [6.07, 6.45) is 1.77. The van der Waals surface area contributed by atoms with Gasteiger partial charge in [0.25, 0.3) is 0 Å². The first-order valence-corrected chi connectivity index (χ1v) is 6.02. The Morgan fingerprint density at radius 2 is 2.28 bits per heavy atom. The predicted molar refractivity (Wildman–Crippen MR) is 72.7 cm³/mol. The van der Waals surface area contributed by atoms with Crippen molar-refractivity contribution >= 4 is 22.6 Å². The minimum absolute atomic E-state index is 0.0483. The zero-order chi connectivity index (χ0) is 13.1. The average molecular weight is 246 g/mol. The molecule has 0 atom stereocenters. The maximum atomic E-state index is 11.9. The van der Waals surface area contributed by atoms with Crippen LogP contribution in [0.15, 0.2) is 24.5 Å². The van der Waals surface area contributed by atoms with Gasteiger partial charge in [0.15, 0.2) is 0 Å². The Balaban J connectivity index is 2.22. The lowest BCUT2D eigenvalue weighted by atomic mass is 10.2. The normalized spacial score (nSPS) is 10.8. The lowest BCUT2D eigenvalue weighted by Crippen LogP contribution is -2.35. The second kappa shape index (κ2) is 5.18. The van der Waals surface area contributed by atoms with Gasteiger partial charge in [0.2, 0.25) is 5.91 Å². The van der Waals surface area contributed by atoms with Crippen molar-refractivity contribution in [2.24, 2.45) is 7.05 Å². The number of aromatic nitrogens is 2. The van der Waals surface area contributed by atoms with Crippen LogP contribution in [-0.2, 0) is 11.8 Å². The van der Waals surface area contributed by atoms with Gasteiger partial charge in [0, 0.05) is 19.8 Å². The lowest BCUT2D eigenvalue weighted by molar-refractivity contribution is -0.117. The summed E-state index contributed by atoms with van der Waals surface area (Å²) in [6.45, 7) is 3.12. The van der Waals surface area contributed by atoms with Gasteiger partial charge in [-0.3, -0.25) is 4.79 Å². The van der Waals surface area contributed by atoms with Crippen molar-refractivity contribution in [1.29, 1.82) is 0 Å². The molecule has 0 saturated carbocycles. The van der Waals surface area contributed by atoms with E-state index < -0.39 is 0 Å². The number of hydrogen-bond donors (Lipinski definition) is 1. The minimum atomic E-state index is 0.0483. The number of carbonyl (C=O) groups excluding carboxylic acids is 1. The molecule has 2 aromatic rings. The molecule has 0 saturated heterocycles. The van der Waals surface area contributed by atoms with E-state index in [4.69, 9.17) is 0 Å². The third-order valence-corrected chi connectivity index (χ3v) is 3.00. The first-order chi connectivity index (χ1) is 8.63. The van der Waals surface area contributed by atoms with E-state index in [0.29, 0.717) is 6.54 Å². The summed E-state index contributed by atoms with van der Waals surface area (Å²) in [6, 6.07) is 5.85. The van der Waals surface area contributed by atoms with Crippen LogP contribution >= 0.6 is 0 Å². The van der Waals surface area contributed by atoms with Crippen molar-refractivity contribution in [3.63, 3.8) is 0 Å². The summed E-state index contributed by atoms with van der Waals surface area (Å²) in [7, 11) is 3.73. The molecule has 0 aliphatic carbocycles. The molecule has 0 aliphatic heterocycles. The standard InChI is InChI=1S/C13H18N4O/c1-4-14-8-13(18)17(3)10-5-6-12-11(7-10)15-9-16(12)2/h5-7,9,14H,4,8H2,1-3H3. The molecule has 1 N–H and O–H groups in total. The summed E-state index contributed by atoms with van der Waals surface area (Å²) < 4.78 is 1.96. The molecule has 0 fully saturated rings. The highest BCUT2D eigenvalue weighted by Gasteiger charge is 2.11.